The van der Waals surface area contributed by atoms with Crippen molar-refractivity contribution in [2.45, 2.75) is 205 Å². The summed E-state index contributed by atoms with van der Waals surface area (Å²) >= 11 is 1.22. The van der Waals surface area contributed by atoms with Crippen molar-refractivity contribution in [2.75, 3.05) is 34.1 Å². The van der Waals surface area contributed by atoms with Gasteiger partial charge in [-0.05, 0) is 87.4 Å². The topological polar surface area (TPSA) is 245 Å². The predicted molar refractivity (Wildman–Crippen MR) is 290 cm³/mol. The maximum Gasteiger partial charge on any atom is 0.509 e. The first-order chi connectivity index (χ1) is 37.1. The van der Waals surface area contributed by atoms with Crippen LogP contribution in [0.2, 0.25) is 0 Å². The second-order valence-corrected chi connectivity index (χ2v) is 24.1. The van der Waals surface area contributed by atoms with Gasteiger partial charge in [-0.25, -0.2) is 9.59 Å². The molecule has 1 N–H and O–H groups in total. The number of likely N-dealkylation sites (N-methyl/N-ethyl adjacent to an activating group) is 1. The third-order valence-electron chi connectivity index (χ3n) is 16.7. The number of nitrogens with zero attached hydrogens (tertiary/aromatic N) is 2. The summed E-state index contributed by atoms with van der Waals surface area (Å²) in [4.78, 5) is 100. The van der Waals surface area contributed by atoms with Gasteiger partial charge in [0.25, 0.3) is 5.56 Å². The van der Waals surface area contributed by atoms with Crippen molar-refractivity contribution in [1.29, 1.82) is 0 Å². The number of benzene rings is 1. The summed E-state index contributed by atoms with van der Waals surface area (Å²) in [5.41, 5.74) is -4.13. The molecule has 2 aromatic rings. The number of methoxy groups -OCH3 is 2. The van der Waals surface area contributed by atoms with Gasteiger partial charge >= 0.3 is 29.8 Å². The lowest BCUT2D eigenvalue weighted by Crippen LogP contribution is -2.62. The molecule has 79 heavy (non-hydrogen) atoms. The highest BCUT2D eigenvalue weighted by atomic mass is 32.2. The molecule has 442 valence electrons. The number of hydrogen-bond donors (Lipinski definition) is 1. The third-order valence-corrected chi connectivity index (χ3v) is 18.0. The molecule has 1 aromatic heterocycles. The van der Waals surface area contributed by atoms with Gasteiger partial charge in [0.2, 0.25) is 0 Å². The van der Waals surface area contributed by atoms with E-state index in [4.69, 9.17) is 52.1 Å². The number of thioether (sulfide) groups is 1. The van der Waals surface area contributed by atoms with E-state index in [9.17, 15) is 24.0 Å². The summed E-state index contributed by atoms with van der Waals surface area (Å²) in [6.45, 7) is 20.7. The zero-order valence-electron chi connectivity index (χ0n) is 48.8. The van der Waals surface area contributed by atoms with Crippen molar-refractivity contribution >= 4 is 41.6 Å². The van der Waals surface area contributed by atoms with Gasteiger partial charge in [-0.15, -0.1) is 11.8 Å². The van der Waals surface area contributed by atoms with E-state index in [1.165, 1.54) is 43.7 Å². The number of rotatable bonds is 16. The number of aromatic nitrogens is 2. The Kier molecular flexibility index (Phi) is 21.3. The van der Waals surface area contributed by atoms with E-state index >= 15 is 9.59 Å². The molecule has 4 aliphatic heterocycles. The van der Waals surface area contributed by atoms with Gasteiger partial charge in [-0.1, -0.05) is 58.0 Å². The van der Waals surface area contributed by atoms with Crippen LogP contribution < -0.4 is 11.2 Å². The maximum atomic E-state index is 15.3. The van der Waals surface area contributed by atoms with Crippen molar-refractivity contribution in [3.05, 3.63) is 68.5 Å². The van der Waals surface area contributed by atoms with E-state index in [-0.39, 0.29) is 56.1 Å². The van der Waals surface area contributed by atoms with E-state index in [0.29, 0.717) is 12.0 Å². The zero-order valence-corrected chi connectivity index (χ0v) is 49.6. The molecule has 4 fully saturated rings. The lowest BCUT2D eigenvalue weighted by Gasteiger charge is -2.50. The molecule has 0 bridgehead atoms. The molecule has 4 aliphatic rings. The van der Waals surface area contributed by atoms with Crippen LogP contribution in [0.4, 0.5) is 4.79 Å². The number of nitrogens with one attached hydrogen (secondary N) is 1. The van der Waals surface area contributed by atoms with Gasteiger partial charge in [0.1, 0.15) is 29.3 Å². The Hall–Kier alpha value is -4.68. The molecule has 6 rings (SSSR count). The van der Waals surface area contributed by atoms with Crippen molar-refractivity contribution in [1.82, 2.24) is 14.5 Å². The lowest BCUT2D eigenvalue weighted by molar-refractivity contribution is -0.320. The summed E-state index contributed by atoms with van der Waals surface area (Å²) in [6, 6.07) is 8.82. The van der Waals surface area contributed by atoms with Crippen LogP contribution in [-0.2, 0) is 84.4 Å². The number of esters is 3. The summed E-state index contributed by atoms with van der Waals surface area (Å²) in [6.07, 6.45) is -7.47. The molecule has 4 saturated heterocycles. The van der Waals surface area contributed by atoms with Gasteiger partial charge < -0.3 is 57.0 Å². The van der Waals surface area contributed by atoms with Gasteiger partial charge in [-0.3, -0.25) is 33.5 Å². The summed E-state index contributed by atoms with van der Waals surface area (Å²) in [5.74, 6) is -6.34. The van der Waals surface area contributed by atoms with Gasteiger partial charge in [0.15, 0.2) is 30.4 Å². The second-order valence-electron chi connectivity index (χ2n) is 22.8. The van der Waals surface area contributed by atoms with Crippen LogP contribution in [0.5, 0.6) is 0 Å². The highest BCUT2D eigenvalue weighted by Crippen LogP contribution is 2.50. The van der Waals surface area contributed by atoms with Crippen molar-refractivity contribution in [3.8, 4) is 0 Å². The molecule has 21 nitrogen and oxygen atoms in total. The number of aryl methyl sites for hydroxylation is 2. The van der Waals surface area contributed by atoms with E-state index in [2.05, 4.69) is 4.98 Å². The molecular formula is C57H85N3O18S. The Labute approximate surface area is 468 Å². The normalized spacial score (nSPS) is 37.6. The Bertz CT molecular complexity index is 2560. The molecule has 5 heterocycles. The first-order valence-corrected chi connectivity index (χ1v) is 28.5. The largest absolute Gasteiger partial charge is 0.509 e. The molecule has 22 heteroatoms. The van der Waals surface area contributed by atoms with Gasteiger partial charge in [0, 0.05) is 75.3 Å². The maximum absolute atomic E-state index is 15.3. The molecular weight excluding hydrogens is 1050 g/mol. The standard InChI is InChI=1S/C57H85N3O18S/c1-17-40-57(12)42(46(51(65)78-57)79-24-23-60-28-31(3)49(63)58-53(60)66)33(5)43(62)30(2)26-55(10,68-15)47(76-52-45(73-37(9)61)39(59(13)14)25-32(4)71-52)34(6)44(35(7)50(64)74-40)75-41-27-56(11,69-16)48(36(8)72-41)77-54(67)70-29-38-21-19-18-20-22-38/h18-22,28,30,32-36,39-42,44-48,52H,17,23-27,29H2,1-16H3,(H,58,63,66)/t30-,32-,33-,34+,35-,36+,39+,40-,41+,42+,44+,45-,46+,47-,48+,52+,55-,56-,57-/m1/s1. The number of carbonyl (C=O) groups excluding carboxylic acids is 5. The van der Waals surface area contributed by atoms with Crippen LogP contribution in [0.25, 0.3) is 0 Å². The number of carbonyl (C=O) groups is 5. The molecule has 1 aromatic carbocycles. The molecule has 0 radical (unpaired) electrons. The van der Waals surface area contributed by atoms with Crippen LogP contribution in [0.1, 0.15) is 113 Å². The molecule has 0 unspecified atom stereocenters. The fraction of sp³-hybridized carbons (Fsp3) is 0.737. The minimum atomic E-state index is -1.52. The van der Waals surface area contributed by atoms with Crippen LogP contribution in [-0.4, -0.2) is 162 Å². The smallest absolute Gasteiger partial charge is 0.458 e. The number of cyclic esters (lactones) is 1. The lowest BCUT2D eigenvalue weighted by atomic mass is 9.70. The first-order valence-electron chi connectivity index (χ1n) is 27.4. The van der Waals surface area contributed by atoms with Crippen LogP contribution >= 0.6 is 11.8 Å². The molecule has 0 aliphatic carbocycles. The highest BCUT2D eigenvalue weighted by Gasteiger charge is 2.62. The van der Waals surface area contributed by atoms with Crippen LogP contribution in [0.15, 0.2) is 46.1 Å². The minimum absolute atomic E-state index is 0.00294. The Balaban J connectivity index is 1.42. The van der Waals surface area contributed by atoms with Gasteiger partial charge in [0.05, 0.1) is 42.0 Å². The first kappa shape index (κ1) is 63.5. The van der Waals surface area contributed by atoms with Crippen molar-refractivity contribution < 1.29 is 76.1 Å². The second kappa shape index (κ2) is 26.5. The average molecular weight is 1130 g/mol. The predicted octanol–water partition coefficient (Wildman–Crippen LogP) is 6.15. The number of hydrogen-bond acceptors (Lipinski definition) is 20. The van der Waals surface area contributed by atoms with Crippen LogP contribution in [0.3, 0.4) is 0 Å². The fourth-order valence-corrected chi connectivity index (χ4v) is 13.8. The van der Waals surface area contributed by atoms with Gasteiger partial charge in [-0.2, -0.15) is 0 Å². The molecule has 19 atom stereocenters. The quantitative estimate of drug-likeness (QED) is 0.146. The summed E-state index contributed by atoms with van der Waals surface area (Å²) in [7, 11) is 6.75. The summed E-state index contributed by atoms with van der Waals surface area (Å²) < 4.78 is 71.7. The third kappa shape index (κ3) is 14.3. The Morgan fingerprint density at radius 3 is 2.13 bits per heavy atom. The number of fused-ring (bicyclic) bond motifs is 1. The number of aromatic amines is 1. The van der Waals surface area contributed by atoms with E-state index < -0.39 is 136 Å². The monoisotopic (exact) mass is 1130 g/mol. The zero-order chi connectivity index (χ0) is 58.5. The molecule has 0 amide bonds. The number of ketones is 1. The number of Topliss-reactive ketones (excluding diaryl/α,β-unsaturated/α-hetero) is 1. The Morgan fingerprint density at radius 1 is 0.848 bits per heavy atom. The van der Waals surface area contributed by atoms with Crippen molar-refractivity contribution in [3.63, 3.8) is 0 Å². The molecule has 0 spiro atoms. The van der Waals surface area contributed by atoms with Crippen molar-refractivity contribution in [2.24, 2.45) is 29.6 Å². The number of ether oxygens (including phenoxy) is 11. The number of H-pyrrole nitrogens is 1. The molecule has 0 saturated carbocycles. The van der Waals surface area contributed by atoms with E-state index in [0.717, 1.165) is 5.56 Å². The highest BCUT2D eigenvalue weighted by molar-refractivity contribution is 8.00. The Morgan fingerprint density at radius 2 is 1.51 bits per heavy atom. The SMILES string of the molecule is CC[C@H]1OC(=O)[C@H](C)[C@@H](O[C@H]2C[C@@](C)(OC)[C@@H](OC(=O)OCc3ccccc3)[C@H](C)O2)[C@H](C)[C@@H](O[C@@H]2O[C@H](C)C[C@H](N(C)C)[C@H]2OC(C)=O)[C@](C)(OC)C[C@@H](C)C(=O)[C@H](C)[C@H]2[C@H](SCCn3cc(C)c(=O)[nH]c3=O)C(=O)O[C@@]21C. The summed E-state index contributed by atoms with van der Waals surface area (Å²) in [5, 5.41) is -0.942. The average Bonchev–Trinajstić information content (AvgIpc) is 3.97. The van der Waals surface area contributed by atoms with E-state index in [1.807, 2.05) is 70.1 Å². The minimum Gasteiger partial charge on any atom is -0.458 e. The fourth-order valence-electron chi connectivity index (χ4n) is 12.3. The van der Waals surface area contributed by atoms with Crippen LogP contribution in [0, 0.1) is 36.5 Å². The van der Waals surface area contributed by atoms with E-state index in [1.54, 1.807) is 55.4 Å².